The van der Waals surface area contributed by atoms with Crippen molar-refractivity contribution >= 4 is 31.5 Å². The zero-order valence-corrected chi connectivity index (χ0v) is 15.9. The molecule has 0 aromatic heterocycles. The molecule has 2 aromatic carbocycles. The predicted molar refractivity (Wildman–Crippen MR) is 94.2 cm³/mol. The Kier molecular flexibility index (Phi) is 5.40. The van der Waals surface area contributed by atoms with Gasteiger partial charge in [0.1, 0.15) is 0 Å². The molecule has 1 nitrogen and oxygen atoms in total. The summed E-state index contributed by atoms with van der Waals surface area (Å²) in [4.78, 5) is 0. The van der Waals surface area contributed by atoms with E-state index in [1.165, 1.54) is 30.3 Å². The van der Waals surface area contributed by atoms with Gasteiger partial charge in [-0.1, -0.05) is 59.6 Å². The molecule has 0 aliphatic carbocycles. The summed E-state index contributed by atoms with van der Waals surface area (Å²) >= 11 is 11.9. The highest BCUT2D eigenvalue weighted by Gasteiger charge is 2.60. The van der Waals surface area contributed by atoms with E-state index < -0.39 is 20.1 Å². The topological polar surface area (TPSA) is 9.23 Å². The van der Waals surface area contributed by atoms with E-state index in [4.69, 9.17) is 27.6 Å². The van der Waals surface area contributed by atoms with Crippen LogP contribution in [-0.4, -0.2) is 14.5 Å². The lowest BCUT2D eigenvalue weighted by molar-refractivity contribution is -0.240. The Labute approximate surface area is 150 Å². The fraction of sp³-hybridized carbons (Fsp3) is 0.294. The van der Waals surface area contributed by atoms with E-state index in [-0.39, 0.29) is 21.2 Å². The van der Waals surface area contributed by atoms with Gasteiger partial charge in [-0.15, -0.1) is 0 Å². The molecule has 0 spiro atoms. The van der Waals surface area contributed by atoms with Crippen molar-refractivity contribution in [2.45, 2.75) is 31.4 Å². The molecule has 7 heteroatoms. The molecule has 0 aliphatic heterocycles. The Bertz CT molecular complexity index is 714. The van der Waals surface area contributed by atoms with E-state index in [0.717, 1.165) is 0 Å². The van der Waals surface area contributed by atoms with Crippen molar-refractivity contribution in [3.05, 3.63) is 69.7 Å². The third-order valence-electron chi connectivity index (χ3n) is 3.36. The first-order valence-corrected chi connectivity index (χ1v) is 11.4. The minimum Gasteiger partial charge on any atom is -0.397 e. The van der Waals surface area contributed by atoms with E-state index in [1.807, 2.05) is 0 Å². The second kappa shape index (κ2) is 6.71. The molecule has 1 atom stereocenters. The van der Waals surface area contributed by atoms with Crippen LogP contribution in [0, 0.1) is 0 Å². The molecule has 0 amide bonds. The molecule has 2 aromatic rings. The number of halogens is 5. The molecule has 0 heterocycles. The third-order valence-corrected chi connectivity index (χ3v) is 5.02. The van der Waals surface area contributed by atoms with Crippen LogP contribution in [0.3, 0.4) is 0 Å². The summed E-state index contributed by atoms with van der Waals surface area (Å²) in [5.74, 6) is 0. The quantitative estimate of drug-likeness (QED) is 0.529. The van der Waals surface area contributed by atoms with Crippen molar-refractivity contribution in [3.63, 3.8) is 0 Å². The fourth-order valence-electron chi connectivity index (χ4n) is 2.52. The SMILES string of the molecule is C[Si](C)(C)OC(c1ccccc1)(c1ccc(Cl)c(Cl)c1)C(F)(F)F. The van der Waals surface area contributed by atoms with E-state index in [1.54, 1.807) is 37.8 Å². The van der Waals surface area contributed by atoms with Crippen molar-refractivity contribution in [2.75, 3.05) is 0 Å². The van der Waals surface area contributed by atoms with Crippen LogP contribution in [0.5, 0.6) is 0 Å². The zero-order chi connectivity index (χ0) is 18.2. The Morgan fingerprint density at radius 3 is 1.88 bits per heavy atom. The second-order valence-corrected chi connectivity index (χ2v) is 11.6. The van der Waals surface area contributed by atoms with Crippen molar-refractivity contribution in [1.29, 1.82) is 0 Å². The molecule has 1 unspecified atom stereocenters. The first-order valence-electron chi connectivity index (χ1n) is 7.25. The van der Waals surface area contributed by atoms with Gasteiger partial charge in [0.25, 0.3) is 0 Å². The van der Waals surface area contributed by atoms with Crippen LogP contribution in [0.2, 0.25) is 29.7 Å². The lowest BCUT2D eigenvalue weighted by Gasteiger charge is -2.41. The van der Waals surface area contributed by atoms with Gasteiger partial charge < -0.3 is 4.43 Å². The van der Waals surface area contributed by atoms with Gasteiger partial charge in [-0.2, -0.15) is 13.2 Å². The van der Waals surface area contributed by atoms with Gasteiger partial charge in [0.05, 0.1) is 10.0 Å². The predicted octanol–water partition coefficient (Wildman–Crippen LogP) is 6.65. The number of hydrogen-bond acceptors (Lipinski definition) is 1. The Morgan fingerprint density at radius 1 is 0.833 bits per heavy atom. The highest BCUT2D eigenvalue weighted by atomic mass is 35.5. The molecular weight excluding hydrogens is 376 g/mol. The van der Waals surface area contributed by atoms with Gasteiger partial charge in [0, 0.05) is 0 Å². The van der Waals surface area contributed by atoms with Crippen molar-refractivity contribution in [1.82, 2.24) is 0 Å². The van der Waals surface area contributed by atoms with Gasteiger partial charge in [0.15, 0.2) is 8.32 Å². The number of alkyl halides is 3. The molecule has 0 radical (unpaired) electrons. The molecule has 0 saturated heterocycles. The van der Waals surface area contributed by atoms with E-state index in [2.05, 4.69) is 0 Å². The molecule has 0 fully saturated rings. The van der Waals surface area contributed by atoms with E-state index in [9.17, 15) is 13.2 Å². The standard InChI is InChI=1S/C17H17Cl2F3OSi/c1-24(2,3)23-16(17(20,21)22,12-7-5-4-6-8-12)13-9-10-14(18)15(19)11-13/h4-11H,1-3H3. The lowest BCUT2D eigenvalue weighted by atomic mass is 9.85. The summed E-state index contributed by atoms with van der Waals surface area (Å²) < 4.78 is 48.8. The third kappa shape index (κ3) is 3.80. The summed E-state index contributed by atoms with van der Waals surface area (Å²) in [6, 6.07) is 11.5. The number of benzene rings is 2. The summed E-state index contributed by atoms with van der Waals surface area (Å²) in [6.45, 7) is 5.15. The monoisotopic (exact) mass is 392 g/mol. The molecule has 0 saturated carbocycles. The molecule has 130 valence electrons. The smallest absolute Gasteiger partial charge is 0.397 e. The molecular formula is C17H17Cl2F3OSi. The van der Waals surface area contributed by atoms with Gasteiger partial charge in [-0.25, -0.2) is 0 Å². The van der Waals surface area contributed by atoms with Crippen molar-refractivity contribution < 1.29 is 17.6 Å². The molecule has 0 aliphatic rings. The summed E-state index contributed by atoms with van der Waals surface area (Å²) in [5, 5.41) is 0.246. The van der Waals surface area contributed by atoms with Crippen LogP contribution in [-0.2, 0) is 10.0 Å². The van der Waals surface area contributed by atoms with Crippen molar-refractivity contribution in [3.8, 4) is 0 Å². The normalized spacial score (nSPS) is 15.2. The highest BCUT2D eigenvalue weighted by molar-refractivity contribution is 6.69. The van der Waals surface area contributed by atoms with E-state index >= 15 is 0 Å². The van der Waals surface area contributed by atoms with Crippen LogP contribution in [0.4, 0.5) is 13.2 Å². The zero-order valence-electron chi connectivity index (χ0n) is 13.4. The Hall–Kier alpha value is -1.01. The van der Waals surface area contributed by atoms with Crippen LogP contribution in [0.1, 0.15) is 11.1 Å². The Balaban J connectivity index is 2.82. The first kappa shape index (κ1) is 19.3. The van der Waals surface area contributed by atoms with Gasteiger partial charge in [-0.3, -0.25) is 0 Å². The second-order valence-electron chi connectivity index (χ2n) is 6.39. The number of rotatable bonds is 4. The van der Waals surface area contributed by atoms with Gasteiger partial charge >= 0.3 is 6.18 Å². The molecule has 24 heavy (non-hydrogen) atoms. The maximum absolute atomic E-state index is 14.3. The van der Waals surface area contributed by atoms with Crippen molar-refractivity contribution in [2.24, 2.45) is 0 Å². The van der Waals surface area contributed by atoms with Gasteiger partial charge in [-0.05, 0) is 42.9 Å². The molecule has 2 rings (SSSR count). The fourth-order valence-corrected chi connectivity index (χ4v) is 4.09. The Morgan fingerprint density at radius 2 is 1.42 bits per heavy atom. The van der Waals surface area contributed by atoms with Gasteiger partial charge in [0.2, 0.25) is 5.60 Å². The van der Waals surface area contributed by atoms with Crippen LogP contribution in [0.15, 0.2) is 48.5 Å². The maximum Gasteiger partial charge on any atom is 0.425 e. The minimum absolute atomic E-state index is 0.0123. The largest absolute Gasteiger partial charge is 0.425 e. The minimum atomic E-state index is -4.67. The van der Waals surface area contributed by atoms with Crippen LogP contribution < -0.4 is 0 Å². The lowest BCUT2D eigenvalue weighted by Crippen LogP contribution is -2.51. The molecule has 0 N–H and O–H groups in total. The number of hydrogen-bond donors (Lipinski definition) is 0. The van der Waals surface area contributed by atoms with E-state index in [0.29, 0.717) is 0 Å². The summed E-state index contributed by atoms with van der Waals surface area (Å²) in [6.07, 6.45) is -4.67. The average Bonchev–Trinajstić information content (AvgIpc) is 2.46. The van der Waals surface area contributed by atoms with Crippen LogP contribution >= 0.6 is 23.2 Å². The highest BCUT2D eigenvalue weighted by Crippen LogP contribution is 2.49. The van der Waals surface area contributed by atoms with Crippen LogP contribution in [0.25, 0.3) is 0 Å². The first-order chi connectivity index (χ1) is 11.0. The molecule has 0 bridgehead atoms. The summed E-state index contributed by atoms with van der Waals surface area (Å²) in [5.41, 5.74) is -2.66. The average molecular weight is 393 g/mol. The summed E-state index contributed by atoms with van der Waals surface area (Å²) in [7, 11) is -2.60. The maximum atomic E-state index is 14.3.